The molecular formula is C6H14ClNO5. The Labute approximate surface area is 81.3 Å². The number of ether oxygens (including phenoxy) is 1. The number of hydrogen-bond donors (Lipinski definition) is 5. The van der Waals surface area contributed by atoms with Crippen molar-refractivity contribution >= 4 is 12.4 Å². The molecule has 13 heavy (non-hydrogen) atoms. The molecule has 0 aliphatic carbocycles. The number of halogens is 1. The third-order valence-electron chi connectivity index (χ3n) is 1.95. The van der Waals surface area contributed by atoms with Gasteiger partial charge in [0, 0.05) is 0 Å². The van der Waals surface area contributed by atoms with Gasteiger partial charge in [0.1, 0.15) is 18.3 Å². The maximum absolute atomic E-state index is 9.20. The summed E-state index contributed by atoms with van der Waals surface area (Å²) in [7, 11) is 0. The summed E-state index contributed by atoms with van der Waals surface area (Å²) in [4.78, 5) is 0. The Bertz CT molecular complexity index is 155. The van der Waals surface area contributed by atoms with Gasteiger partial charge in [-0.05, 0) is 0 Å². The van der Waals surface area contributed by atoms with Gasteiger partial charge < -0.3 is 30.9 Å². The third kappa shape index (κ3) is 2.50. The maximum atomic E-state index is 9.20. The van der Waals surface area contributed by atoms with Crippen LogP contribution in [0.25, 0.3) is 0 Å². The minimum atomic E-state index is -1.35. The van der Waals surface area contributed by atoms with Crippen LogP contribution in [0.1, 0.15) is 0 Å². The first-order valence-corrected chi connectivity index (χ1v) is 3.64. The molecule has 0 aromatic carbocycles. The molecule has 1 saturated heterocycles. The number of rotatable bonds is 1. The van der Waals surface area contributed by atoms with E-state index < -0.39 is 37.3 Å². The minimum Gasteiger partial charge on any atom is -0.394 e. The van der Waals surface area contributed by atoms with Crippen LogP contribution in [0.4, 0.5) is 0 Å². The van der Waals surface area contributed by atoms with Crippen molar-refractivity contribution in [2.75, 3.05) is 6.61 Å². The lowest BCUT2D eigenvalue weighted by atomic mass is 9.98. The van der Waals surface area contributed by atoms with Crippen LogP contribution in [0.3, 0.4) is 0 Å². The van der Waals surface area contributed by atoms with E-state index in [1.807, 2.05) is 0 Å². The van der Waals surface area contributed by atoms with Gasteiger partial charge >= 0.3 is 0 Å². The molecule has 0 spiro atoms. The van der Waals surface area contributed by atoms with Crippen molar-refractivity contribution in [1.82, 2.24) is 0 Å². The molecule has 6 nitrogen and oxygen atoms in total. The van der Waals surface area contributed by atoms with E-state index in [1.165, 1.54) is 0 Å². The van der Waals surface area contributed by atoms with E-state index in [0.29, 0.717) is 0 Å². The molecule has 0 aromatic rings. The molecule has 0 unspecified atom stereocenters. The average molecular weight is 216 g/mol. The van der Waals surface area contributed by atoms with E-state index in [-0.39, 0.29) is 12.4 Å². The Morgan fingerprint density at radius 1 is 1.15 bits per heavy atom. The van der Waals surface area contributed by atoms with Crippen molar-refractivity contribution in [3.63, 3.8) is 0 Å². The summed E-state index contributed by atoms with van der Waals surface area (Å²) < 4.78 is 4.70. The monoisotopic (exact) mass is 215 g/mol. The molecule has 1 aliphatic rings. The Morgan fingerprint density at radius 2 is 1.69 bits per heavy atom. The number of aliphatic hydroxyl groups excluding tert-OH is 4. The highest BCUT2D eigenvalue weighted by atomic mass is 35.5. The molecule has 1 rings (SSSR count). The van der Waals surface area contributed by atoms with Gasteiger partial charge in [0.2, 0.25) is 0 Å². The van der Waals surface area contributed by atoms with Crippen molar-refractivity contribution < 1.29 is 25.2 Å². The van der Waals surface area contributed by atoms with E-state index in [1.54, 1.807) is 0 Å². The zero-order chi connectivity index (χ0) is 9.30. The van der Waals surface area contributed by atoms with Crippen molar-refractivity contribution in [2.24, 2.45) is 5.73 Å². The number of aliphatic hydroxyl groups is 4. The fourth-order valence-corrected chi connectivity index (χ4v) is 1.12. The third-order valence-corrected chi connectivity index (χ3v) is 1.95. The second-order valence-corrected chi connectivity index (χ2v) is 2.81. The highest BCUT2D eigenvalue weighted by molar-refractivity contribution is 5.85. The van der Waals surface area contributed by atoms with Crippen LogP contribution in [-0.4, -0.2) is 57.7 Å². The van der Waals surface area contributed by atoms with Crippen LogP contribution in [0.15, 0.2) is 0 Å². The van der Waals surface area contributed by atoms with Crippen molar-refractivity contribution in [3.05, 3.63) is 0 Å². The molecular weight excluding hydrogens is 202 g/mol. The smallest absolute Gasteiger partial charge is 0.173 e. The van der Waals surface area contributed by atoms with Gasteiger partial charge in [-0.15, -0.1) is 12.4 Å². The standard InChI is InChI=1S/C6H13NO5.ClH/c7-3-5(10)4(9)2(1-8)12-6(3)11;/h2-6,8-11H,1,7H2;1H/t2-,3+,4-,5-,6+;/m1./s1. The highest BCUT2D eigenvalue weighted by Gasteiger charge is 2.41. The average Bonchev–Trinajstić information content (AvgIpc) is 2.08. The van der Waals surface area contributed by atoms with E-state index >= 15 is 0 Å². The quantitative estimate of drug-likeness (QED) is 0.322. The Balaban J connectivity index is 0.00000144. The summed E-state index contributed by atoms with van der Waals surface area (Å²) in [5, 5.41) is 36.1. The topological polar surface area (TPSA) is 116 Å². The summed E-state index contributed by atoms with van der Waals surface area (Å²) in [6.07, 6.45) is -4.85. The first kappa shape index (κ1) is 13.1. The molecule has 0 amide bonds. The lowest BCUT2D eigenvalue weighted by Gasteiger charge is -2.38. The fraction of sp³-hybridized carbons (Fsp3) is 1.00. The lowest BCUT2D eigenvalue weighted by Crippen LogP contribution is -2.61. The molecule has 7 heteroatoms. The first-order chi connectivity index (χ1) is 5.57. The zero-order valence-electron chi connectivity index (χ0n) is 6.78. The van der Waals surface area contributed by atoms with Crippen LogP contribution >= 0.6 is 12.4 Å². The molecule has 6 N–H and O–H groups in total. The summed E-state index contributed by atoms with van der Waals surface area (Å²) in [6, 6.07) is -1.04. The summed E-state index contributed by atoms with van der Waals surface area (Å²) in [5.41, 5.74) is 5.26. The maximum Gasteiger partial charge on any atom is 0.173 e. The largest absolute Gasteiger partial charge is 0.394 e. The van der Waals surface area contributed by atoms with Crippen molar-refractivity contribution in [2.45, 2.75) is 30.6 Å². The Hall–Kier alpha value is 0.0500. The van der Waals surface area contributed by atoms with Gasteiger partial charge in [-0.3, -0.25) is 0 Å². The first-order valence-electron chi connectivity index (χ1n) is 3.64. The lowest BCUT2D eigenvalue weighted by molar-refractivity contribution is -0.248. The van der Waals surface area contributed by atoms with Crippen LogP contribution in [0, 0.1) is 0 Å². The SMILES string of the molecule is Cl.N[C@H]1[C@@H](O)[C@H](O)[C@@H](CO)O[C@@H]1O. The molecule has 1 aliphatic heterocycles. The van der Waals surface area contributed by atoms with Crippen LogP contribution in [-0.2, 0) is 4.74 Å². The van der Waals surface area contributed by atoms with E-state index in [9.17, 15) is 10.2 Å². The molecule has 0 aromatic heterocycles. The van der Waals surface area contributed by atoms with E-state index in [2.05, 4.69) is 0 Å². The summed E-state index contributed by atoms with van der Waals surface area (Å²) in [5.74, 6) is 0. The molecule has 80 valence electrons. The molecule has 0 bridgehead atoms. The Kier molecular flexibility index (Phi) is 5.08. The van der Waals surface area contributed by atoms with Gasteiger partial charge in [0.15, 0.2) is 6.29 Å². The van der Waals surface area contributed by atoms with Gasteiger partial charge in [-0.2, -0.15) is 0 Å². The molecule has 5 atom stereocenters. The second-order valence-electron chi connectivity index (χ2n) is 2.81. The highest BCUT2D eigenvalue weighted by Crippen LogP contribution is 2.17. The predicted molar refractivity (Wildman–Crippen MR) is 45.2 cm³/mol. The van der Waals surface area contributed by atoms with Gasteiger partial charge in [-0.25, -0.2) is 0 Å². The van der Waals surface area contributed by atoms with Crippen LogP contribution in [0.5, 0.6) is 0 Å². The van der Waals surface area contributed by atoms with Gasteiger partial charge in [0.05, 0.1) is 12.6 Å². The fourth-order valence-electron chi connectivity index (χ4n) is 1.12. The van der Waals surface area contributed by atoms with E-state index in [0.717, 1.165) is 0 Å². The summed E-state index contributed by atoms with van der Waals surface area (Å²) >= 11 is 0. The van der Waals surface area contributed by atoms with Gasteiger partial charge in [-0.1, -0.05) is 0 Å². The second kappa shape index (κ2) is 5.06. The molecule has 1 heterocycles. The van der Waals surface area contributed by atoms with Crippen molar-refractivity contribution in [1.29, 1.82) is 0 Å². The van der Waals surface area contributed by atoms with Crippen LogP contribution in [0.2, 0.25) is 0 Å². The van der Waals surface area contributed by atoms with E-state index in [4.69, 9.17) is 20.7 Å². The van der Waals surface area contributed by atoms with Crippen LogP contribution < -0.4 is 5.73 Å². The Morgan fingerprint density at radius 3 is 2.15 bits per heavy atom. The zero-order valence-corrected chi connectivity index (χ0v) is 7.59. The van der Waals surface area contributed by atoms with Crippen molar-refractivity contribution in [3.8, 4) is 0 Å². The summed E-state index contributed by atoms with van der Waals surface area (Å²) in [6.45, 7) is -0.470. The number of nitrogens with two attached hydrogens (primary N) is 1. The minimum absolute atomic E-state index is 0. The molecule has 1 fully saturated rings. The normalized spacial score (nSPS) is 45.5. The van der Waals surface area contributed by atoms with Gasteiger partial charge in [0.25, 0.3) is 0 Å². The number of hydrogen-bond acceptors (Lipinski definition) is 6. The molecule has 0 radical (unpaired) electrons. The molecule has 0 saturated carbocycles. The predicted octanol–water partition coefficient (Wildman–Crippen LogP) is -2.83.